The number of hydrogen-bond acceptors (Lipinski definition) is 6. The highest BCUT2D eigenvalue weighted by molar-refractivity contribution is 6.30. The summed E-state index contributed by atoms with van der Waals surface area (Å²) in [5.74, 6) is 1.43. The quantitative estimate of drug-likeness (QED) is 0.276. The van der Waals surface area contributed by atoms with E-state index in [1.54, 1.807) is 0 Å². The van der Waals surface area contributed by atoms with E-state index in [0.717, 1.165) is 36.4 Å². The van der Waals surface area contributed by atoms with Gasteiger partial charge in [0, 0.05) is 11.6 Å². The van der Waals surface area contributed by atoms with E-state index in [1.807, 2.05) is 47.6 Å². The molecule has 11 heteroatoms. The lowest BCUT2D eigenvalue weighted by Gasteiger charge is -2.30. The van der Waals surface area contributed by atoms with Gasteiger partial charge in [-0.2, -0.15) is 13.2 Å². The summed E-state index contributed by atoms with van der Waals surface area (Å²) in [6.45, 7) is 4.82. The monoisotopic (exact) mass is 557 g/mol. The van der Waals surface area contributed by atoms with Gasteiger partial charge in [0.05, 0.1) is 24.2 Å². The molecule has 204 valence electrons. The van der Waals surface area contributed by atoms with Crippen molar-refractivity contribution in [3.8, 4) is 0 Å². The number of hydrogen-bond donors (Lipinski definition) is 1. The van der Waals surface area contributed by atoms with Crippen LogP contribution < -0.4 is 21.1 Å². The lowest BCUT2D eigenvalue weighted by Crippen LogP contribution is -2.43. The van der Waals surface area contributed by atoms with Crippen LogP contribution in [0.25, 0.3) is 0 Å². The Morgan fingerprint density at radius 1 is 1.05 bits per heavy atom. The van der Waals surface area contributed by atoms with Crippen molar-refractivity contribution in [3.63, 3.8) is 0 Å². The smallest absolute Gasteiger partial charge is 0.373 e. The van der Waals surface area contributed by atoms with E-state index in [1.165, 1.54) is 12.1 Å². The van der Waals surface area contributed by atoms with E-state index >= 15 is 0 Å². The first-order chi connectivity index (χ1) is 18.6. The van der Waals surface area contributed by atoms with E-state index in [-0.39, 0.29) is 11.7 Å². The van der Waals surface area contributed by atoms with Gasteiger partial charge in [0.25, 0.3) is 10.9 Å². The van der Waals surface area contributed by atoms with Crippen LogP contribution in [0.2, 0.25) is 5.02 Å². The third-order valence-electron chi connectivity index (χ3n) is 7.31. The van der Waals surface area contributed by atoms with Gasteiger partial charge in [-0.1, -0.05) is 42.8 Å². The second-order valence-electron chi connectivity index (χ2n) is 9.78. The van der Waals surface area contributed by atoms with Gasteiger partial charge in [-0.3, -0.25) is 9.59 Å². The summed E-state index contributed by atoms with van der Waals surface area (Å²) in [5, 5.41) is 12.5. The number of halogens is 4. The fraction of sp³-hybridized carbons (Fsp3) is 0.357. The average molecular weight is 558 g/mol. The van der Waals surface area contributed by atoms with Crippen LogP contribution in [0.3, 0.4) is 0 Å². The first-order valence-electron chi connectivity index (χ1n) is 12.8. The maximum atomic E-state index is 13.0. The zero-order chi connectivity index (χ0) is 27.9. The normalized spacial score (nSPS) is 16.7. The summed E-state index contributed by atoms with van der Waals surface area (Å²) < 4.78 is 41.0. The SMILES string of the molecule is CC[C@H](Nc1c(N2CCC[C@@H]2c2nnc(C)n2Cc2ccc(Cl)cc2)c(=O)c1=O)c1ccc(C(F)(F)F)cc1. The molecule has 1 fully saturated rings. The van der Waals surface area contributed by atoms with E-state index in [9.17, 15) is 22.8 Å². The number of nitrogens with one attached hydrogen (secondary N) is 1. The standard InChI is InChI=1S/C28H27ClF3N5O2/c1-3-21(18-8-10-19(11-9-18)28(30,31)32)33-23-24(26(39)25(23)38)36-14-4-5-22(36)27-35-34-16(2)37(27)15-17-6-12-20(29)13-7-17/h6-13,21-22,33H,3-5,14-15H2,1-2H3/t21-,22+/m0/s1. The van der Waals surface area contributed by atoms with Crippen molar-refractivity contribution < 1.29 is 13.2 Å². The van der Waals surface area contributed by atoms with Gasteiger partial charge in [-0.25, -0.2) is 0 Å². The molecule has 7 nitrogen and oxygen atoms in total. The molecule has 1 aliphatic heterocycles. The fourth-order valence-corrected chi connectivity index (χ4v) is 5.33. The molecule has 0 radical (unpaired) electrons. The summed E-state index contributed by atoms with van der Waals surface area (Å²) >= 11 is 6.03. The minimum Gasteiger partial charge on any atom is -0.373 e. The van der Waals surface area contributed by atoms with Gasteiger partial charge in [-0.15, -0.1) is 10.2 Å². The molecule has 0 amide bonds. The number of benzene rings is 2. The van der Waals surface area contributed by atoms with Gasteiger partial charge in [0.15, 0.2) is 5.82 Å². The van der Waals surface area contributed by atoms with Crippen molar-refractivity contribution in [1.29, 1.82) is 0 Å². The molecule has 4 aromatic rings. The highest BCUT2D eigenvalue weighted by Crippen LogP contribution is 2.39. The molecule has 0 spiro atoms. The maximum absolute atomic E-state index is 13.0. The lowest BCUT2D eigenvalue weighted by molar-refractivity contribution is -0.137. The van der Waals surface area contributed by atoms with Crippen LogP contribution in [-0.4, -0.2) is 21.3 Å². The molecule has 1 saturated heterocycles. The van der Waals surface area contributed by atoms with Crippen molar-refractivity contribution in [2.45, 2.75) is 57.9 Å². The maximum Gasteiger partial charge on any atom is 0.416 e. The van der Waals surface area contributed by atoms with Gasteiger partial charge in [0.1, 0.15) is 17.2 Å². The number of aryl methyl sites for hydroxylation is 1. The van der Waals surface area contributed by atoms with Crippen molar-refractivity contribution in [2.24, 2.45) is 0 Å². The highest BCUT2D eigenvalue weighted by atomic mass is 35.5. The van der Waals surface area contributed by atoms with Crippen molar-refractivity contribution in [1.82, 2.24) is 14.8 Å². The number of alkyl halides is 3. The Morgan fingerprint density at radius 3 is 2.38 bits per heavy atom. The molecule has 3 aromatic carbocycles. The lowest BCUT2D eigenvalue weighted by atomic mass is 10.0. The summed E-state index contributed by atoms with van der Waals surface area (Å²) in [6, 6.07) is 11.7. The van der Waals surface area contributed by atoms with Crippen molar-refractivity contribution in [3.05, 3.63) is 102 Å². The summed E-state index contributed by atoms with van der Waals surface area (Å²) in [6.07, 6.45) is -2.41. The van der Waals surface area contributed by atoms with Crippen LogP contribution in [-0.2, 0) is 12.7 Å². The Balaban J connectivity index is 1.42. The van der Waals surface area contributed by atoms with Crippen LogP contribution >= 0.6 is 11.6 Å². The summed E-state index contributed by atoms with van der Waals surface area (Å²) in [7, 11) is 0. The largest absolute Gasteiger partial charge is 0.416 e. The van der Waals surface area contributed by atoms with Crippen LogP contribution in [0, 0.1) is 6.92 Å². The van der Waals surface area contributed by atoms with Crippen LogP contribution in [0.1, 0.15) is 66.6 Å². The van der Waals surface area contributed by atoms with Gasteiger partial charge in [0.2, 0.25) is 0 Å². The molecule has 0 unspecified atom stereocenters. The van der Waals surface area contributed by atoms with Gasteiger partial charge >= 0.3 is 6.18 Å². The second-order valence-corrected chi connectivity index (χ2v) is 10.2. The number of anilines is 2. The molecule has 2 atom stereocenters. The topological polar surface area (TPSA) is 80.1 Å². The molecule has 1 N–H and O–H groups in total. The molecule has 5 rings (SSSR count). The van der Waals surface area contributed by atoms with Crippen LogP contribution in [0.15, 0.2) is 58.1 Å². The minimum absolute atomic E-state index is 0.194. The highest BCUT2D eigenvalue weighted by Gasteiger charge is 2.37. The third-order valence-corrected chi connectivity index (χ3v) is 7.56. The minimum atomic E-state index is -4.43. The average Bonchev–Trinajstić information content (AvgIpc) is 3.53. The van der Waals surface area contributed by atoms with Crippen LogP contribution in [0.4, 0.5) is 24.5 Å². The predicted octanol–water partition coefficient (Wildman–Crippen LogP) is 5.81. The molecule has 1 aromatic heterocycles. The Hall–Kier alpha value is -3.66. The van der Waals surface area contributed by atoms with Crippen molar-refractivity contribution >= 4 is 23.0 Å². The molecule has 0 aliphatic carbocycles. The zero-order valence-electron chi connectivity index (χ0n) is 21.4. The van der Waals surface area contributed by atoms with E-state index < -0.39 is 28.6 Å². The number of nitrogens with zero attached hydrogens (tertiary/aromatic N) is 4. The Morgan fingerprint density at radius 2 is 1.74 bits per heavy atom. The first kappa shape index (κ1) is 26.9. The summed E-state index contributed by atoms with van der Waals surface area (Å²) in [4.78, 5) is 27.4. The van der Waals surface area contributed by atoms with Crippen LogP contribution in [0.5, 0.6) is 0 Å². The van der Waals surface area contributed by atoms with Gasteiger partial charge in [-0.05, 0) is 61.6 Å². The number of rotatable bonds is 8. The third kappa shape index (κ3) is 5.17. The van der Waals surface area contributed by atoms with E-state index in [4.69, 9.17) is 11.6 Å². The van der Waals surface area contributed by atoms with Crippen molar-refractivity contribution in [2.75, 3.05) is 16.8 Å². The molecule has 2 heterocycles. The molecule has 0 saturated carbocycles. The zero-order valence-corrected chi connectivity index (χ0v) is 22.2. The molecule has 0 bridgehead atoms. The Bertz CT molecular complexity index is 1540. The summed E-state index contributed by atoms with van der Waals surface area (Å²) in [5.41, 5.74) is 0.166. The molecular weight excluding hydrogens is 531 g/mol. The molecule has 1 aliphatic rings. The second kappa shape index (κ2) is 10.5. The molecular formula is C28H27ClF3N5O2. The Labute approximate surface area is 227 Å². The predicted molar refractivity (Wildman–Crippen MR) is 144 cm³/mol. The van der Waals surface area contributed by atoms with Gasteiger partial charge < -0.3 is 14.8 Å². The number of aromatic nitrogens is 3. The molecule has 39 heavy (non-hydrogen) atoms. The fourth-order valence-electron chi connectivity index (χ4n) is 5.20. The Kier molecular flexibility index (Phi) is 7.24. The van der Waals surface area contributed by atoms with E-state index in [0.29, 0.717) is 41.6 Å². The first-order valence-corrected chi connectivity index (χ1v) is 13.1. The van der Waals surface area contributed by atoms with E-state index in [2.05, 4.69) is 15.5 Å².